The number of aryl methyl sites for hydroxylation is 1. The first-order chi connectivity index (χ1) is 17.3. The van der Waals surface area contributed by atoms with E-state index in [4.69, 9.17) is 6.57 Å². The molecule has 7 aromatic rings. The summed E-state index contributed by atoms with van der Waals surface area (Å²) < 4.78 is 4.67. The molecule has 0 atom stereocenters. The first-order valence-electron chi connectivity index (χ1n) is 11.8. The second-order valence-corrected chi connectivity index (χ2v) is 8.98. The Morgan fingerprint density at radius 1 is 0.514 bits per heavy atom. The quantitative estimate of drug-likeness (QED) is 0.235. The van der Waals surface area contributed by atoms with Crippen molar-refractivity contribution in [1.29, 1.82) is 0 Å². The summed E-state index contributed by atoms with van der Waals surface area (Å²) in [5.41, 5.74) is 8.31. The van der Waals surface area contributed by atoms with E-state index in [0.717, 1.165) is 39.0 Å². The molecule has 35 heavy (non-hydrogen) atoms. The van der Waals surface area contributed by atoms with Gasteiger partial charge in [0.15, 0.2) is 5.69 Å². The number of aromatic nitrogens is 2. The van der Waals surface area contributed by atoms with Crippen LogP contribution in [0.5, 0.6) is 0 Å². The van der Waals surface area contributed by atoms with Crippen molar-refractivity contribution in [2.45, 2.75) is 6.92 Å². The Bertz CT molecular complexity index is 1870. The minimum absolute atomic E-state index is 0.673. The molecular formula is C32H21N3. The highest BCUT2D eigenvalue weighted by Crippen LogP contribution is 2.40. The third kappa shape index (κ3) is 2.71. The van der Waals surface area contributed by atoms with Gasteiger partial charge in [-0.15, -0.1) is 0 Å². The van der Waals surface area contributed by atoms with E-state index in [0.29, 0.717) is 5.69 Å². The van der Waals surface area contributed by atoms with E-state index < -0.39 is 0 Å². The van der Waals surface area contributed by atoms with Gasteiger partial charge in [-0.1, -0.05) is 72.8 Å². The molecule has 7 rings (SSSR count). The van der Waals surface area contributed by atoms with Gasteiger partial charge in [-0.2, -0.15) is 0 Å². The molecule has 2 heterocycles. The van der Waals surface area contributed by atoms with Crippen LogP contribution in [-0.4, -0.2) is 9.13 Å². The van der Waals surface area contributed by atoms with Gasteiger partial charge in [0, 0.05) is 21.5 Å². The monoisotopic (exact) mass is 447 g/mol. The molecule has 3 nitrogen and oxygen atoms in total. The molecule has 0 fully saturated rings. The minimum Gasteiger partial charge on any atom is -0.308 e. The summed E-state index contributed by atoms with van der Waals surface area (Å²) in [5, 5.41) is 4.87. The first-order valence-corrected chi connectivity index (χ1v) is 11.8. The van der Waals surface area contributed by atoms with Crippen molar-refractivity contribution in [2.75, 3.05) is 0 Å². The first kappa shape index (κ1) is 19.6. The predicted octanol–water partition coefficient (Wildman–Crippen LogP) is 8.74. The van der Waals surface area contributed by atoms with Gasteiger partial charge in [-0.05, 0) is 48.9 Å². The third-order valence-electron chi connectivity index (χ3n) is 7.06. The highest BCUT2D eigenvalue weighted by molar-refractivity contribution is 6.11. The van der Waals surface area contributed by atoms with E-state index in [1.165, 1.54) is 21.5 Å². The number of fused-ring (bicyclic) bond motifs is 6. The summed E-state index contributed by atoms with van der Waals surface area (Å²) in [6.45, 7) is 9.88. The predicted molar refractivity (Wildman–Crippen MR) is 146 cm³/mol. The van der Waals surface area contributed by atoms with Crippen LogP contribution in [0.4, 0.5) is 5.69 Å². The Balaban J connectivity index is 1.70. The lowest BCUT2D eigenvalue weighted by atomic mass is 10.1. The maximum Gasteiger partial charge on any atom is 0.192 e. The van der Waals surface area contributed by atoms with Crippen molar-refractivity contribution < 1.29 is 0 Å². The maximum atomic E-state index is 7.85. The Kier molecular flexibility index (Phi) is 4.12. The van der Waals surface area contributed by atoms with Crippen molar-refractivity contribution in [3.05, 3.63) is 126 Å². The van der Waals surface area contributed by atoms with Crippen LogP contribution < -0.4 is 0 Å². The van der Waals surface area contributed by atoms with E-state index in [1.54, 1.807) is 0 Å². The highest BCUT2D eigenvalue weighted by atomic mass is 15.1. The number of nitrogens with zero attached hydrogens (tertiary/aromatic N) is 3. The van der Waals surface area contributed by atoms with Crippen LogP contribution in [-0.2, 0) is 0 Å². The van der Waals surface area contributed by atoms with Gasteiger partial charge in [-0.25, -0.2) is 4.85 Å². The van der Waals surface area contributed by atoms with Crippen LogP contribution in [0.25, 0.3) is 59.8 Å². The van der Waals surface area contributed by atoms with Crippen molar-refractivity contribution in [3.8, 4) is 11.4 Å². The molecule has 0 saturated heterocycles. The summed E-state index contributed by atoms with van der Waals surface area (Å²) in [4.78, 5) is 3.88. The normalized spacial score (nSPS) is 11.5. The number of para-hydroxylation sites is 4. The zero-order chi connectivity index (χ0) is 23.5. The molecule has 0 aliphatic carbocycles. The average molecular weight is 448 g/mol. The molecule has 0 bridgehead atoms. The van der Waals surface area contributed by atoms with Gasteiger partial charge in [-0.3, -0.25) is 0 Å². The Labute approximate surface area is 202 Å². The second kappa shape index (κ2) is 7.35. The van der Waals surface area contributed by atoms with Crippen LogP contribution in [0.3, 0.4) is 0 Å². The lowest BCUT2D eigenvalue weighted by Gasteiger charge is -2.18. The summed E-state index contributed by atoms with van der Waals surface area (Å²) in [5.74, 6) is 0. The molecule has 0 aliphatic rings. The molecule has 0 aliphatic heterocycles. The fraction of sp³-hybridized carbons (Fsp3) is 0.0312. The van der Waals surface area contributed by atoms with Crippen LogP contribution >= 0.6 is 0 Å². The van der Waals surface area contributed by atoms with Gasteiger partial charge in [0.1, 0.15) is 0 Å². The van der Waals surface area contributed by atoms with E-state index in [9.17, 15) is 0 Å². The van der Waals surface area contributed by atoms with E-state index in [2.05, 4.69) is 123 Å². The highest BCUT2D eigenvalue weighted by Gasteiger charge is 2.20. The molecule has 0 unspecified atom stereocenters. The summed E-state index contributed by atoms with van der Waals surface area (Å²) >= 11 is 0. The van der Waals surface area contributed by atoms with E-state index in [-0.39, 0.29) is 0 Å². The summed E-state index contributed by atoms with van der Waals surface area (Å²) in [7, 11) is 0. The Morgan fingerprint density at radius 2 is 0.857 bits per heavy atom. The minimum atomic E-state index is 0.673. The number of hydrogen-bond acceptors (Lipinski definition) is 0. The zero-order valence-corrected chi connectivity index (χ0v) is 19.2. The molecule has 0 spiro atoms. The van der Waals surface area contributed by atoms with Gasteiger partial charge in [0.25, 0.3) is 0 Å². The molecule has 0 N–H and O–H groups in total. The lowest BCUT2D eigenvalue weighted by molar-refractivity contribution is 1.09. The SMILES string of the molecule is [C-]#[N+]c1cc(-n2c3ccccc3c3ccccc32)c(-n2c3ccccc3c3ccccc32)cc1C. The standard InChI is InChI=1S/C32H21N3/c1-21-19-31(34-27-15-7-3-11-22(27)23-12-4-8-16-28(23)34)32(20-26(21)33-2)35-29-17-9-5-13-24(29)25-14-6-10-18-30(25)35/h3-20H,1H3. The molecule has 0 amide bonds. The number of rotatable bonds is 2. The van der Waals surface area contributed by atoms with Crippen molar-refractivity contribution in [1.82, 2.24) is 9.13 Å². The summed E-state index contributed by atoms with van der Waals surface area (Å²) in [6, 6.07) is 38.4. The average Bonchev–Trinajstić information content (AvgIpc) is 3.42. The van der Waals surface area contributed by atoms with E-state index >= 15 is 0 Å². The van der Waals surface area contributed by atoms with Gasteiger partial charge in [0.05, 0.1) is 40.0 Å². The van der Waals surface area contributed by atoms with Crippen LogP contribution in [0.1, 0.15) is 5.56 Å². The largest absolute Gasteiger partial charge is 0.308 e. The molecule has 2 aromatic heterocycles. The molecular weight excluding hydrogens is 426 g/mol. The number of hydrogen-bond donors (Lipinski definition) is 0. The molecule has 3 heteroatoms. The zero-order valence-electron chi connectivity index (χ0n) is 19.2. The van der Waals surface area contributed by atoms with Crippen LogP contribution in [0.15, 0.2) is 109 Å². The fourth-order valence-electron chi connectivity index (χ4n) is 5.51. The molecule has 0 radical (unpaired) electrons. The smallest absolute Gasteiger partial charge is 0.192 e. The van der Waals surface area contributed by atoms with Crippen molar-refractivity contribution >= 4 is 49.3 Å². The van der Waals surface area contributed by atoms with E-state index in [1.807, 2.05) is 6.92 Å². The Hall–Kier alpha value is -4.81. The topological polar surface area (TPSA) is 14.2 Å². The van der Waals surface area contributed by atoms with Crippen molar-refractivity contribution in [2.24, 2.45) is 0 Å². The Morgan fingerprint density at radius 3 is 1.23 bits per heavy atom. The maximum absolute atomic E-state index is 7.85. The van der Waals surface area contributed by atoms with Crippen molar-refractivity contribution in [3.63, 3.8) is 0 Å². The fourth-order valence-corrected chi connectivity index (χ4v) is 5.51. The van der Waals surface area contributed by atoms with Crippen LogP contribution in [0.2, 0.25) is 0 Å². The van der Waals surface area contributed by atoms with Gasteiger partial charge in [0.2, 0.25) is 0 Å². The molecule has 5 aromatic carbocycles. The number of benzene rings is 5. The van der Waals surface area contributed by atoms with Gasteiger partial charge >= 0.3 is 0 Å². The van der Waals surface area contributed by atoms with Gasteiger partial charge < -0.3 is 9.13 Å². The molecule has 0 saturated carbocycles. The molecule has 164 valence electrons. The lowest BCUT2D eigenvalue weighted by Crippen LogP contribution is -2.04. The third-order valence-corrected chi connectivity index (χ3v) is 7.06. The second-order valence-electron chi connectivity index (χ2n) is 8.98. The summed E-state index contributed by atoms with van der Waals surface area (Å²) in [6.07, 6.45) is 0. The van der Waals surface area contributed by atoms with Crippen LogP contribution in [0, 0.1) is 13.5 Å².